The number of oxime groups is 1. The predicted octanol–water partition coefficient (Wildman–Crippen LogP) is 3.93. The lowest BCUT2D eigenvalue weighted by Gasteiger charge is -2.50. The van der Waals surface area contributed by atoms with E-state index in [-0.39, 0.29) is 36.7 Å². The average molecular weight is 789 g/mol. The van der Waals surface area contributed by atoms with Crippen molar-refractivity contribution in [2.24, 2.45) is 34.7 Å². The van der Waals surface area contributed by atoms with E-state index >= 15 is 0 Å². The van der Waals surface area contributed by atoms with Gasteiger partial charge in [0.2, 0.25) is 0 Å². The van der Waals surface area contributed by atoms with Crippen LogP contribution in [0.4, 0.5) is 0 Å². The summed E-state index contributed by atoms with van der Waals surface area (Å²) < 4.78 is 38.7. The molecule has 14 heteroatoms. The number of hydrogen-bond donors (Lipinski definition) is 4. The van der Waals surface area contributed by atoms with Crippen LogP contribution < -0.4 is 0 Å². The lowest BCUT2D eigenvalue weighted by atomic mass is 9.69. The summed E-state index contributed by atoms with van der Waals surface area (Å²) in [6, 6.07) is -0.246. The number of hydrogen-bond acceptors (Lipinski definition) is 14. The van der Waals surface area contributed by atoms with E-state index in [1.54, 1.807) is 34.8 Å². The maximum atomic E-state index is 14.6. The van der Waals surface area contributed by atoms with Crippen molar-refractivity contribution in [2.75, 3.05) is 34.9 Å². The minimum atomic E-state index is -1.66. The van der Waals surface area contributed by atoms with Gasteiger partial charge in [-0.2, -0.15) is 0 Å². The monoisotopic (exact) mass is 789 g/mol. The topological polar surface area (TPSA) is 178 Å². The SMILES string of the molecule is CCO/N=C1\[C@H](C)C[C@@](C)(OC)[C@H](O[C@@H]2O[C@H](C)C[C@H](N(C)C)[C@H]2O)[C@@H](C)[C@H](O[C@H]2C[C@@](C)(OC)[C@@H](O)[C@H](C)O2)[C@@H](C)C(=O)C[C@H](CC)[C@@](C)(O)[C@H](O)[C@H]1C. The normalized spacial score (nSPS) is 47.8. The van der Waals surface area contributed by atoms with Crippen LogP contribution in [0.3, 0.4) is 0 Å². The molecule has 18 atom stereocenters. The molecule has 2 heterocycles. The molecule has 1 aliphatic carbocycles. The fourth-order valence-electron chi connectivity index (χ4n) is 9.34. The molecule has 322 valence electrons. The number of carbonyl (C=O) groups is 1. The van der Waals surface area contributed by atoms with Crippen LogP contribution in [-0.4, -0.2) is 150 Å². The Kier molecular flexibility index (Phi) is 17.2. The zero-order valence-corrected chi connectivity index (χ0v) is 36.4. The Morgan fingerprint density at radius 1 is 0.873 bits per heavy atom. The van der Waals surface area contributed by atoms with Crippen molar-refractivity contribution in [3.8, 4) is 0 Å². The molecule has 0 aromatic heterocycles. The summed E-state index contributed by atoms with van der Waals surface area (Å²) in [5, 5.41) is 51.1. The first-order valence-corrected chi connectivity index (χ1v) is 20.4. The number of likely N-dealkylation sites (N-methyl/N-ethyl adjacent to an activating group) is 1. The summed E-state index contributed by atoms with van der Waals surface area (Å²) in [5.41, 5.74) is -3.25. The predicted molar refractivity (Wildman–Crippen MR) is 208 cm³/mol. The highest BCUT2D eigenvalue weighted by molar-refractivity contribution is 5.89. The van der Waals surface area contributed by atoms with Crippen molar-refractivity contribution in [1.82, 2.24) is 4.90 Å². The van der Waals surface area contributed by atoms with Crippen molar-refractivity contribution < 1.29 is 58.5 Å². The van der Waals surface area contributed by atoms with Crippen molar-refractivity contribution in [3.05, 3.63) is 0 Å². The minimum Gasteiger partial charge on any atom is -0.396 e. The third-order valence-electron chi connectivity index (χ3n) is 13.2. The Morgan fingerprint density at radius 2 is 1.49 bits per heavy atom. The van der Waals surface area contributed by atoms with E-state index in [0.29, 0.717) is 31.6 Å². The zero-order chi connectivity index (χ0) is 41.8. The molecule has 0 aromatic carbocycles. The Bertz CT molecular complexity index is 1250. The van der Waals surface area contributed by atoms with Crippen LogP contribution in [0.15, 0.2) is 5.16 Å². The van der Waals surface area contributed by atoms with Crippen LogP contribution in [-0.2, 0) is 38.1 Å². The van der Waals surface area contributed by atoms with Crippen molar-refractivity contribution in [1.29, 1.82) is 0 Å². The van der Waals surface area contributed by atoms with Gasteiger partial charge in [0.15, 0.2) is 12.6 Å². The van der Waals surface area contributed by atoms with Gasteiger partial charge in [-0.3, -0.25) is 4.79 Å². The van der Waals surface area contributed by atoms with Gasteiger partial charge < -0.3 is 58.6 Å². The molecule has 4 N–H and O–H groups in total. The van der Waals surface area contributed by atoms with E-state index < -0.39 is 89.7 Å². The second-order valence-corrected chi connectivity index (χ2v) is 17.6. The van der Waals surface area contributed by atoms with Gasteiger partial charge in [0.1, 0.15) is 24.6 Å². The molecule has 0 bridgehead atoms. The molecule has 0 spiro atoms. The average Bonchev–Trinajstić information content (AvgIpc) is 3.13. The smallest absolute Gasteiger partial charge is 0.185 e. The van der Waals surface area contributed by atoms with E-state index in [1.807, 2.05) is 67.5 Å². The summed E-state index contributed by atoms with van der Waals surface area (Å²) in [4.78, 5) is 22.1. The first kappa shape index (κ1) is 48.1. The standard InChI is InChI=1S/C41H76N2O12/c1-16-28-19-30(44)24(5)34(54-31-21-39(9,49-14)36(47)27(8)53-31)26(7)37(55-38-33(45)29(43(12)13)18-23(4)52-38)40(10,50-15)20-22(3)32(42-51-17-2)25(6)35(46)41(28,11)48/h22-29,31,33-38,45-48H,16-21H2,1-15H3/b42-32+/t22-,23-,24+,25+,26+,27+,28+,29+,31+,33-,34-,35-,36+,37-,38+,39-,40-,41-/m1/s1. The summed E-state index contributed by atoms with van der Waals surface area (Å²) in [5.74, 6) is -3.16. The second kappa shape index (κ2) is 19.6. The number of nitrogens with zero attached hydrogens (tertiary/aromatic N) is 2. The maximum absolute atomic E-state index is 14.6. The number of methoxy groups -OCH3 is 2. The van der Waals surface area contributed by atoms with Crippen molar-refractivity contribution in [3.63, 3.8) is 0 Å². The summed E-state index contributed by atoms with van der Waals surface area (Å²) in [6.07, 6.45) is -6.23. The molecule has 0 unspecified atom stereocenters. The highest BCUT2D eigenvalue weighted by atomic mass is 16.7. The van der Waals surface area contributed by atoms with Gasteiger partial charge in [-0.25, -0.2) is 0 Å². The van der Waals surface area contributed by atoms with Crippen LogP contribution in [0, 0.1) is 29.6 Å². The lowest BCUT2D eigenvalue weighted by molar-refractivity contribution is -0.318. The summed E-state index contributed by atoms with van der Waals surface area (Å²) in [6.45, 7) is 20.6. The number of ether oxygens (including phenoxy) is 6. The molecule has 0 amide bonds. The number of aliphatic hydroxyl groups excluding tert-OH is 3. The van der Waals surface area contributed by atoms with Crippen LogP contribution >= 0.6 is 0 Å². The lowest BCUT2D eigenvalue weighted by Crippen LogP contribution is -2.61. The third kappa shape index (κ3) is 10.7. The molecule has 55 heavy (non-hydrogen) atoms. The molecule has 2 saturated heterocycles. The van der Waals surface area contributed by atoms with E-state index in [0.717, 1.165) is 0 Å². The molecule has 0 aromatic rings. The molecule has 14 nitrogen and oxygen atoms in total. The van der Waals surface area contributed by atoms with Crippen molar-refractivity contribution in [2.45, 2.75) is 186 Å². The quantitative estimate of drug-likeness (QED) is 0.235. The number of ketones is 1. The summed E-state index contributed by atoms with van der Waals surface area (Å²) >= 11 is 0. The highest BCUT2D eigenvalue weighted by Crippen LogP contribution is 2.43. The van der Waals surface area contributed by atoms with Gasteiger partial charge in [0.05, 0.1) is 53.0 Å². The minimum absolute atomic E-state index is 0.0372. The molecular weight excluding hydrogens is 712 g/mol. The van der Waals surface area contributed by atoms with Crippen LogP contribution in [0.25, 0.3) is 0 Å². The fraction of sp³-hybridized carbons (Fsp3) is 0.951. The van der Waals surface area contributed by atoms with Gasteiger partial charge in [-0.1, -0.05) is 46.2 Å². The van der Waals surface area contributed by atoms with Crippen molar-refractivity contribution >= 4 is 11.5 Å². The molecular formula is C41H76N2O12. The van der Waals surface area contributed by atoms with E-state index in [4.69, 9.17) is 33.3 Å². The Balaban J connectivity index is 2.28. The number of Topliss-reactive ketones (excluding diaryl/α,β-unsaturated/α-hetero) is 1. The Labute approximate surface area is 330 Å². The third-order valence-corrected chi connectivity index (χ3v) is 13.2. The largest absolute Gasteiger partial charge is 0.396 e. The van der Waals surface area contributed by atoms with Gasteiger partial charge >= 0.3 is 0 Å². The van der Waals surface area contributed by atoms with E-state index in [9.17, 15) is 25.2 Å². The first-order valence-electron chi connectivity index (χ1n) is 20.4. The molecule has 2 aliphatic heterocycles. The first-order chi connectivity index (χ1) is 25.5. The van der Waals surface area contributed by atoms with E-state index in [1.165, 1.54) is 7.11 Å². The number of aliphatic hydroxyl groups is 4. The van der Waals surface area contributed by atoms with Gasteiger partial charge in [0.25, 0.3) is 0 Å². The van der Waals surface area contributed by atoms with Crippen LogP contribution in [0.5, 0.6) is 0 Å². The van der Waals surface area contributed by atoms with Crippen LogP contribution in [0.1, 0.15) is 108 Å². The van der Waals surface area contributed by atoms with Crippen LogP contribution in [0.2, 0.25) is 0 Å². The second-order valence-electron chi connectivity index (χ2n) is 17.6. The highest BCUT2D eigenvalue weighted by Gasteiger charge is 2.53. The molecule has 1 saturated carbocycles. The van der Waals surface area contributed by atoms with E-state index in [2.05, 4.69) is 5.16 Å². The van der Waals surface area contributed by atoms with Gasteiger partial charge in [0, 0.05) is 56.8 Å². The van der Waals surface area contributed by atoms with Gasteiger partial charge in [-0.15, -0.1) is 0 Å². The molecule has 0 radical (unpaired) electrons. The number of rotatable bonds is 10. The fourth-order valence-corrected chi connectivity index (χ4v) is 9.34. The molecule has 3 fully saturated rings. The Morgan fingerprint density at radius 3 is 2.04 bits per heavy atom. The number of carbonyl (C=O) groups excluding carboxylic acids is 1. The molecule has 3 rings (SSSR count). The van der Waals surface area contributed by atoms with Gasteiger partial charge in [-0.05, 0) is 74.4 Å². The summed E-state index contributed by atoms with van der Waals surface area (Å²) in [7, 11) is 6.96. The Hall–Kier alpha value is -1.30. The molecule has 3 aliphatic rings. The zero-order valence-electron chi connectivity index (χ0n) is 36.4. The maximum Gasteiger partial charge on any atom is 0.185 e.